The van der Waals surface area contributed by atoms with Gasteiger partial charge in [-0.3, -0.25) is 29.5 Å². The van der Waals surface area contributed by atoms with Crippen LogP contribution in [-0.4, -0.2) is 39.4 Å². The van der Waals surface area contributed by atoms with Gasteiger partial charge in [0.25, 0.3) is 21.8 Å². The first kappa shape index (κ1) is 20.4. The molecule has 10 heteroatoms. The predicted octanol–water partition coefficient (Wildman–Crippen LogP) is 1.35. The van der Waals surface area contributed by atoms with Crippen LogP contribution in [0.5, 0.6) is 0 Å². The van der Waals surface area contributed by atoms with Crippen LogP contribution in [0.1, 0.15) is 10.4 Å². The van der Waals surface area contributed by atoms with E-state index in [4.69, 9.17) is 4.74 Å². The fourth-order valence-corrected chi connectivity index (χ4v) is 4.92. The van der Waals surface area contributed by atoms with Crippen LogP contribution >= 0.6 is 0 Å². The van der Waals surface area contributed by atoms with Gasteiger partial charge in [-0.05, 0) is 29.7 Å². The lowest BCUT2D eigenvalue weighted by molar-refractivity contribution is -0.147. The van der Waals surface area contributed by atoms with Crippen molar-refractivity contribution in [1.29, 1.82) is 0 Å². The number of rotatable bonds is 5. The minimum absolute atomic E-state index is 0.120. The van der Waals surface area contributed by atoms with Crippen molar-refractivity contribution in [2.24, 2.45) is 0 Å². The Balaban J connectivity index is 1.35. The number of carbonyl (C=O) groups excluding carboxylic acids is 3. The van der Waals surface area contributed by atoms with Gasteiger partial charge in [0.1, 0.15) is 6.54 Å². The van der Waals surface area contributed by atoms with Crippen molar-refractivity contribution in [3.8, 4) is 0 Å². The molecule has 1 heterocycles. The Labute approximate surface area is 177 Å². The number of anilines is 1. The largest absolute Gasteiger partial charge is 0.454 e. The second-order valence-corrected chi connectivity index (χ2v) is 8.50. The maximum Gasteiger partial charge on any atom is 0.327 e. The van der Waals surface area contributed by atoms with Crippen molar-refractivity contribution in [2.45, 2.75) is 4.90 Å². The molecule has 0 atom stereocenters. The first-order valence-corrected chi connectivity index (χ1v) is 10.7. The van der Waals surface area contributed by atoms with E-state index < -0.39 is 41.0 Å². The van der Waals surface area contributed by atoms with E-state index in [2.05, 4.69) is 10.9 Å². The normalized spacial score (nSPS) is 13.6. The van der Waals surface area contributed by atoms with E-state index in [0.717, 1.165) is 9.69 Å². The zero-order valence-corrected chi connectivity index (χ0v) is 16.9. The highest BCUT2D eigenvalue weighted by Gasteiger charge is 2.37. The van der Waals surface area contributed by atoms with Gasteiger partial charge in [-0.15, -0.1) is 0 Å². The summed E-state index contributed by atoms with van der Waals surface area (Å²) < 4.78 is 31.5. The topological polar surface area (TPSA) is 122 Å². The third-order valence-corrected chi connectivity index (χ3v) is 6.47. The summed E-state index contributed by atoms with van der Waals surface area (Å²) in [5.41, 5.74) is 5.05. The van der Waals surface area contributed by atoms with Gasteiger partial charge in [-0.25, -0.2) is 8.42 Å². The van der Waals surface area contributed by atoms with Crippen LogP contribution in [0, 0.1) is 0 Å². The van der Waals surface area contributed by atoms with Gasteiger partial charge in [0, 0.05) is 10.9 Å². The number of hydrazine groups is 1. The van der Waals surface area contributed by atoms with Gasteiger partial charge < -0.3 is 4.74 Å². The van der Waals surface area contributed by atoms with Gasteiger partial charge in [0.15, 0.2) is 6.61 Å². The summed E-state index contributed by atoms with van der Waals surface area (Å²) in [4.78, 5) is 36.1. The molecule has 1 aliphatic heterocycles. The average Bonchev–Trinajstić information content (AvgIpc) is 3.00. The molecule has 4 rings (SSSR count). The Kier molecular flexibility index (Phi) is 5.30. The number of benzene rings is 3. The van der Waals surface area contributed by atoms with Crippen LogP contribution in [0.3, 0.4) is 0 Å². The summed E-state index contributed by atoms with van der Waals surface area (Å²) >= 11 is 0. The maximum atomic E-state index is 12.8. The van der Waals surface area contributed by atoms with Crippen LogP contribution in [0.4, 0.5) is 5.69 Å². The fraction of sp³-hybridized carbons (Fsp3) is 0.0952. The lowest BCUT2D eigenvalue weighted by atomic mass is 10.1. The molecule has 0 bridgehead atoms. The summed E-state index contributed by atoms with van der Waals surface area (Å²) in [7, 11) is -3.91. The van der Waals surface area contributed by atoms with Crippen molar-refractivity contribution in [1.82, 2.24) is 10.9 Å². The van der Waals surface area contributed by atoms with Gasteiger partial charge in [0.05, 0.1) is 10.6 Å². The molecule has 0 radical (unpaired) electrons. The van der Waals surface area contributed by atoms with Gasteiger partial charge in [-0.2, -0.15) is 0 Å². The molecule has 1 aliphatic rings. The quantitative estimate of drug-likeness (QED) is 0.457. The monoisotopic (exact) mass is 439 g/mol. The van der Waals surface area contributed by atoms with E-state index in [9.17, 15) is 22.8 Å². The predicted molar refractivity (Wildman–Crippen MR) is 111 cm³/mol. The molecule has 3 aromatic carbocycles. The van der Waals surface area contributed by atoms with Crippen molar-refractivity contribution < 1.29 is 27.5 Å². The number of nitrogens with zero attached hydrogens (tertiary/aromatic N) is 1. The molecule has 2 N–H and O–H groups in total. The number of nitrogens with one attached hydrogen (secondary N) is 2. The van der Waals surface area contributed by atoms with Crippen molar-refractivity contribution in [3.05, 3.63) is 72.3 Å². The van der Waals surface area contributed by atoms with E-state index in [1.54, 1.807) is 60.7 Å². The van der Waals surface area contributed by atoms with Gasteiger partial charge in [0.2, 0.25) is 0 Å². The molecule has 0 unspecified atom stereocenters. The first-order chi connectivity index (χ1) is 14.9. The number of carbonyl (C=O) groups is 3. The van der Waals surface area contributed by atoms with Crippen molar-refractivity contribution in [2.75, 3.05) is 17.5 Å². The van der Waals surface area contributed by atoms with Crippen LogP contribution in [0.15, 0.2) is 71.6 Å². The molecular formula is C21H17N3O6S. The summed E-state index contributed by atoms with van der Waals surface area (Å²) in [6, 6.07) is 18.2. The number of amides is 2. The summed E-state index contributed by atoms with van der Waals surface area (Å²) in [6.45, 7) is -1.27. The van der Waals surface area contributed by atoms with Gasteiger partial charge >= 0.3 is 5.97 Å². The Morgan fingerprint density at radius 1 is 0.871 bits per heavy atom. The second kappa shape index (κ2) is 8.07. The van der Waals surface area contributed by atoms with E-state index in [1.165, 1.54) is 6.07 Å². The standard InChI is InChI=1S/C21H17N3O6S/c25-18(22-23-21(27)15-6-2-1-3-7-15)13-30-19(26)12-24-16-10-4-8-14-9-5-11-17(20(14)16)31(24,28)29/h1-11H,12-13H2,(H,22,25)(H,23,27). The summed E-state index contributed by atoms with van der Waals surface area (Å²) in [6.07, 6.45) is 0. The zero-order chi connectivity index (χ0) is 22.0. The lowest BCUT2D eigenvalue weighted by Gasteiger charge is -2.17. The van der Waals surface area contributed by atoms with E-state index in [1.807, 2.05) is 0 Å². The molecule has 0 saturated heterocycles. The van der Waals surface area contributed by atoms with Crippen molar-refractivity contribution in [3.63, 3.8) is 0 Å². The molecule has 0 aromatic heterocycles. The number of hydrogen-bond donors (Lipinski definition) is 2. The maximum absolute atomic E-state index is 12.8. The third-order valence-electron chi connectivity index (χ3n) is 4.67. The Hall–Kier alpha value is -3.92. The van der Waals surface area contributed by atoms with Crippen LogP contribution < -0.4 is 15.2 Å². The van der Waals surface area contributed by atoms with Gasteiger partial charge in [-0.1, -0.05) is 42.5 Å². The third kappa shape index (κ3) is 3.92. The van der Waals surface area contributed by atoms with E-state index in [-0.39, 0.29) is 4.90 Å². The molecule has 2 amide bonds. The van der Waals surface area contributed by atoms with E-state index in [0.29, 0.717) is 16.6 Å². The van der Waals surface area contributed by atoms with Crippen LogP contribution in [0.25, 0.3) is 10.8 Å². The lowest BCUT2D eigenvalue weighted by Crippen LogP contribution is -2.44. The molecule has 158 valence electrons. The highest BCUT2D eigenvalue weighted by atomic mass is 32.2. The molecule has 0 aliphatic carbocycles. The molecule has 9 nitrogen and oxygen atoms in total. The molecule has 0 spiro atoms. The minimum atomic E-state index is -3.91. The van der Waals surface area contributed by atoms with Crippen LogP contribution in [0.2, 0.25) is 0 Å². The summed E-state index contributed by atoms with van der Waals surface area (Å²) in [5.74, 6) is -2.21. The Bertz CT molecular complexity index is 1290. The highest BCUT2D eigenvalue weighted by Crippen LogP contribution is 2.41. The molecule has 0 saturated carbocycles. The van der Waals surface area contributed by atoms with Crippen molar-refractivity contribution >= 4 is 44.3 Å². The minimum Gasteiger partial charge on any atom is -0.454 e. The highest BCUT2D eigenvalue weighted by molar-refractivity contribution is 7.93. The van der Waals surface area contributed by atoms with Crippen LogP contribution in [-0.2, 0) is 24.3 Å². The number of hydrogen-bond acceptors (Lipinski definition) is 6. The molecular weight excluding hydrogens is 422 g/mol. The summed E-state index contributed by atoms with van der Waals surface area (Å²) in [5, 5.41) is 1.28. The molecule has 0 fully saturated rings. The second-order valence-electron chi connectivity index (χ2n) is 6.67. The number of ether oxygens (including phenoxy) is 1. The fourth-order valence-electron chi connectivity index (χ4n) is 3.26. The Morgan fingerprint density at radius 2 is 1.58 bits per heavy atom. The first-order valence-electron chi connectivity index (χ1n) is 9.22. The van der Waals surface area contributed by atoms with E-state index >= 15 is 0 Å². The number of sulfonamides is 1. The SMILES string of the molecule is O=C(COC(=O)CN1c2cccc3cccc(c23)S1(=O)=O)NNC(=O)c1ccccc1. The smallest absolute Gasteiger partial charge is 0.327 e. The molecule has 31 heavy (non-hydrogen) atoms. The Morgan fingerprint density at radius 3 is 2.32 bits per heavy atom. The zero-order valence-electron chi connectivity index (χ0n) is 16.1. The average molecular weight is 439 g/mol. The number of esters is 1. The molecule has 3 aromatic rings.